The molecule has 2 aromatic carbocycles. The summed E-state index contributed by atoms with van der Waals surface area (Å²) in [6.45, 7) is 2.86. The van der Waals surface area contributed by atoms with Crippen LogP contribution < -0.4 is 5.32 Å². The van der Waals surface area contributed by atoms with E-state index in [0.717, 1.165) is 11.6 Å². The predicted molar refractivity (Wildman–Crippen MR) is 82.7 cm³/mol. The Morgan fingerprint density at radius 3 is 2.64 bits per heavy atom. The zero-order valence-corrected chi connectivity index (χ0v) is 12.2. The Morgan fingerprint density at radius 1 is 1.27 bits per heavy atom. The number of carbonyl (C=O) groups is 1. The highest BCUT2D eigenvalue weighted by atomic mass is 19.1. The van der Waals surface area contributed by atoms with E-state index in [0.29, 0.717) is 18.8 Å². The van der Waals surface area contributed by atoms with Gasteiger partial charge in [-0.1, -0.05) is 30.3 Å². The molecule has 0 fully saturated rings. The number of urea groups is 1. The third-order valence-electron chi connectivity index (χ3n) is 3.23. The second kappa shape index (κ2) is 7.23. The Balaban J connectivity index is 2.11. The molecule has 0 unspecified atom stereocenters. The minimum absolute atomic E-state index is 0.101. The number of nitrogens with zero attached hydrogens (tertiary/aromatic N) is 2. The molecule has 2 rings (SSSR count). The monoisotopic (exact) mass is 297 g/mol. The highest BCUT2D eigenvalue weighted by molar-refractivity contribution is 5.90. The number of hydrogen-bond donors (Lipinski definition) is 1. The van der Waals surface area contributed by atoms with E-state index in [-0.39, 0.29) is 11.6 Å². The van der Waals surface area contributed by atoms with Crippen molar-refractivity contribution in [3.63, 3.8) is 0 Å². The lowest BCUT2D eigenvalue weighted by atomic mass is 10.2. The lowest BCUT2D eigenvalue weighted by molar-refractivity contribution is 0.212. The number of benzene rings is 2. The van der Waals surface area contributed by atoms with E-state index >= 15 is 0 Å². The summed E-state index contributed by atoms with van der Waals surface area (Å²) in [4.78, 5) is 13.9. The van der Waals surface area contributed by atoms with Crippen molar-refractivity contribution in [3.05, 3.63) is 65.5 Å². The standard InChI is InChI=1S/C17H16FN3O/c1-2-21(12-13-6-4-3-5-7-13)17(22)20-16-9-8-15(18)10-14(16)11-19/h3-10H,2,12H2,1H3,(H,20,22). The first kappa shape index (κ1) is 15.5. The number of halogens is 1. The van der Waals surface area contributed by atoms with E-state index in [2.05, 4.69) is 5.32 Å². The summed E-state index contributed by atoms with van der Waals surface area (Å²) in [5, 5.41) is 11.7. The fraction of sp³-hybridized carbons (Fsp3) is 0.176. The predicted octanol–water partition coefficient (Wildman–Crippen LogP) is 3.75. The molecular formula is C17H16FN3O. The van der Waals surface area contributed by atoms with Crippen molar-refractivity contribution in [3.8, 4) is 6.07 Å². The SMILES string of the molecule is CCN(Cc1ccccc1)C(=O)Nc1ccc(F)cc1C#N. The first-order valence-electron chi connectivity index (χ1n) is 6.93. The molecule has 22 heavy (non-hydrogen) atoms. The number of rotatable bonds is 4. The molecule has 2 amide bonds. The molecule has 0 heterocycles. The van der Waals surface area contributed by atoms with Crippen LogP contribution in [0.2, 0.25) is 0 Å². The highest BCUT2D eigenvalue weighted by Crippen LogP contribution is 2.17. The van der Waals surface area contributed by atoms with Crippen LogP contribution in [0.3, 0.4) is 0 Å². The molecule has 0 aromatic heterocycles. The molecule has 0 aliphatic carbocycles. The summed E-state index contributed by atoms with van der Waals surface area (Å²) in [5.74, 6) is -0.508. The van der Waals surface area contributed by atoms with Crippen LogP contribution in [-0.2, 0) is 6.54 Å². The van der Waals surface area contributed by atoms with Gasteiger partial charge in [0, 0.05) is 13.1 Å². The molecule has 0 aliphatic rings. The van der Waals surface area contributed by atoms with Gasteiger partial charge in [-0.05, 0) is 30.7 Å². The van der Waals surface area contributed by atoms with Gasteiger partial charge in [0.25, 0.3) is 0 Å². The summed E-state index contributed by atoms with van der Waals surface area (Å²) < 4.78 is 13.1. The smallest absolute Gasteiger partial charge is 0.320 e. The first-order valence-corrected chi connectivity index (χ1v) is 6.93. The third-order valence-corrected chi connectivity index (χ3v) is 3.23. The van der Waals surface area contributed by atoms with Gasteiger partial charge in [-0.25, -0.2) is 9.18 Å². The Bertz CT molecular complexity index is 695. The van der Waals surface area contributed by atoms with E-state index in [4.69, 9.17) is 5.26 Å². The van der Waals surface area contributed by atoms with Crippen molar-refractivity contribution in [2.75, 3.05) is 11.9 Å². The molecule has 4 nitrogen and oxygen atoms in total. The van der Waals surface area contributed by atoms with Gasteiger partial charge in [0.05, 0.1) is 11.3 Å². The molecule has 5 heteroatoms. The van der Waals surface area contributed by atoms with Gasteiger partial charge in [-0.2, -0.15) is 5.26 Å². The largest absolute Gasteiger partial charge is 0.322 e. The van der Waals surface area contributed by atoms with Crippen molar-refractivity contribution < 1.29 is 9.18 Å². The number of amides is 2. The zero-order chi connectivity index (χ0) is 15.9. The van der Waals surface area contributed by atoms with Crippen molar-refractivity contribution in [2.24, 2.45) is 0 Å². The summed E-state index contributed by atoms with van der Waals surface area (Å²) >= 11 is 0. The number of hydrogen-bond acceptors (Lipinski definition) is 2. The quantitative estimate of drug-likeness (QED) is 0.934. The van der Waals surface area contributed by atoms with Crippen LogP contribution in [0.5, 0.6) is 0 Å². The second-order valence-electron chi connectivity index (χ2n) is 4.73. The molecule has 0 atom stereocenters. The zero-order valence-electron chi connectivity index (χ0n) is 12.2. The minimum atomic E-state index is -0.508. The Labute approximate surface area is 128 Å². The van der Waals surface area contributed by atoms with Gasteiger partial charge in [0.15, 0.2) is 0 Å². The van der Waals surface area contributed by atoms with Crippen LogP contribution in [0.25, 0.3) is 0 Å². The van der Waals surface area contributed by atoms with Gasteiger partial charge < -0.3 is 10.2 Å². The molecule has 112 valence electrons. The van der Waals surface area contributed by atoms with Crippen molar-refractivity contribution in [1.29, 1.82) is 5.26 Å². The Hall–Kier alpha value is -2.87. The first-order chi connectivity index (χ1) is 10.6. The van der Waals surface area contributed by atoms with Gasteiger partial charge >= 0.3 is 6.03 Å². The summed E-state index contributed by atoms with van der Waals surface area (Å²) in [6, 6.07) is 14.9. The Morgan fingerprint density at radius 2 is 2.00 bits per heavy atom. The fourth-order valence-corrected chi connectivity index (χ4v) is 2.04. The number of nitriles is 1. The van der Waals surface area contributed by atoms with Crippen molar-refractivity contribution in [1.82, 2.24) is 4.90 Å². The van der Waals surface area contributed by atoms with Crippen LogP contribution in [0.4, 0.5) is 14.9 Å². The van der Waals surface area contributed by atoms with E-state index < -0.39 is 5.82 Å². The minimum Gasteiger partial charge on any atom is -0.320 e. The lowest BCUT2D eigenvalue weighted by Gasteiger charge is -2.21. The lowest BCUT2D eigenvalue weighted by Crippen LogP contribution is -2.34. The van der Waals surface area contributed by atoms with Gasteiger partial charge in [0.2, 0.25) is 0 Å². The van der Waals surface area contributed by atoms with Crippen LogP contribution in [0, 0.1) is 17.1 Å². The summed E-state index contributed by atoms with van der Waals surface area (Å²) in [7, 11) is 0. The maximum Gasteiger partial charge on any atom is 0.322 e. The summed E-state index contributed by atoms with van der Waals surface area (Å²) in [5.41, 5.74) is 1.42. The molecular weight excluding hydrogens is 281 g/mol. The molecule has 0 saturated carbocycles. The molecule has 1 N–H and O–H groups in total. The van der Waals surface area contributed by atoms with Crippen LogP contribution in [0.15, 0.2) is 48.5 Å². The Kier molecular flexibility index (Phi) is 5.10. The molecule has 2 aromatic rings. The van der Waals surface area contributed by atoms with E-state index in [1.165, 1.54) is 12.1 Å². The maximum atomic E-state index is 13.1. The van der Waals surface area contributed by atoms with Crippen molar-refractivity contribution >= 4 is 11.7 Å². The topological polar surface area (TPSA) is 56.1 Å². The fourth-order valence-electron chi connectivity index (χ4n) is 2.04. The summed E-state index contributed by atoms with van der Waals surface area (Å²) in [6.07, 6.45) is 0. The van der Waals surface area contributed by atoms with Gasteiger partial charge in [-0.15, -0.1) is 0 Å². The normalized spacial score (nSPS) is 9.86. The van der Waals surface area contributed by atoms with Crippen LogP contribution in [0.1, 0.15) is 18.1 Å². The molecule has 0 saturated heterocycles. The van der Waals surface area contributed by atoms with E-state index in [9.17, 15) is 9.18 Å². The highest BCUT2D eigenvalue weighted by Gasteiger charge is 2.14. The van der Waals surface area contributed by atoms with Crippen molar-refractivity contribution in [2.45, 2.75) is 13.5 Å². The number of anilines is 1. The van der Waals surface area contributed by atoms with E-state index in [1.807, 2.05) is 43.3 Å². The number of carbonyl (C=O) groups excluding carboxylic acids is 1. The molecule has 0 radical (unpaired) electrons. The molecule has 0 spiro atoms. The van der Waals surface area contributed by atoms with Crippen LogP contribution >= 0.6 is 0 Å². The van der Waals surface area contributed by atoms with Crippen LogP contribution in [-0.4, -0.2) is 17.5 Å². The third kappa shape index (κ3) is 3.83. The van der Waals surface area contributed by atoms with Gasteiger partial charge in [-0.3, -0.25) is 0 Å². The molecule has 0 aliphatic heterocycles. The molecule has 0 bridgehead atoms. The van der Waals surface area contributed by atoms with E-state index in [1.54, 1.807) is 4.90 Å². The maximum absolute atomic E-state index is 13.1. The number of nitrogens with one attached hydrogen (secondary N) is 1. The van der Waals surface area contributed by atoms with Gasteiger partial charge in [0.1, 0.15) is 11.9 Å². The average molecular weight is 297 g/mol. The average Bonchev–Trinajstić information content (AvgIpc) is 2.55. The second-order valence-corrected chi connectivity index (χ2v) is 4.73.